The van der Waals surface area contributed by atoms with Crippen molar-refractivity contribution in [3.8, 4) is 0 Å². The average Bonchev–Trinajstić information content (AvgIpc) is 2.56. The molecule has 0 aromatic carbocycles. The highest BCUT2D eigenvalue weighted by Gasteiger charge is 2.22. The molecule has 0 heterocycles. The molecule has 1 amide bonds. The van der Waals surface area contributed by atoms with Gasteiger partial charge < -0.3 is 4.90 Å². The van der Waals surface area contributed by atoms with Gasteiger partial charge in [0.2, 0.25) is 5.91 Å². The van der Waals surface area contributed by atoms with Crippen molar-refractivity contribution in [2.24, 2.45) is 5.92 Å². The van der Waals surface area contributed by atoms with E-state index >= 15 is 0 Å². The van der Waals surface area contributed by atoms with Gasteiger partial charge in [-0.1, -0.05) is 25.7 Å². The minimum atomic E-state index is -2.48. The fourth-order valence-corrected chi connectivity index (χ4v) is 2.73. The molecular formula is C13H22ClF2NO. The third-order valence-electron chi connectivity index (χ3n) is 3.50. The van der Waals surface area contributed by atoms with E-state index in [1.54, 1.807) is 0 Å². The summed E-state index contributed by atoms with van der Waals surface area (Å²) in [6.07, 6.45) is 4.80. The van der Waals surface area contributed by atoms with E-state index in [4.69, 9.17) is 11.6 Å². The summed E-state index contributed by atoms with van der Waals surface area (Å²) in [6, 6.07) is 0. The Labute approximate surface area is 113 Å². The number of carbonyl (C=O) groups excluding carboxylic acids is 1. The van der Waals surface area contributed by atoms with Crippen LogP contribution in [0.4, 0.5) is 8.78 Å². The van der Waals surface area contributed by atoms with Gasteiger partial charge in [-0.2, -0.15) is 0 Å². The summed E-state index contributed by atoms with van der Waals surface area (Å²) in [7, 11) is 0. The van der Waals surface area contributed by atoms with Gasteiger partial charge in [0.25, 0.3) is 6.43 Å². The zero-order valence-electron chi connectivity index (χ0n) is 10.7. The van der Waals surface area contributed by atoms with E-state index in [-0.39, 0.29) is 18.3 Å². The van der Waals surface area contributed by atoms with Gasteiger partial charge in [0, 0.05) is 18.8 Å². The molecule has 1 fully saturated rings. The highest BCUT2D eigenvalue weighted by molar-refractivity contribution is 6.18. The zero-order valence-corrected chi connectivity index (χ0v) is 11.5. The summed E-state index contributed by atoms with van der Waals surface area (Å²) >= 11 is 5.55. The fourth-order valence-electron chi connectivity index (χ4n) is 2.53. The SMILES string of the molecule is O=C(CC1CCCCCC1)N(CCCl)CC(F)F. The third-order valence-corrected chi connectivity index (χ3v) is 3.67. The van der Waals surface area contributed by atoms with Crippen molar-refractivity contribution in [2.45, 2.75) is 51.4 Å². The van der Waals surface area contributed by atoms with Crippen LogP contribution in [0.2, 0.25) is 0 Å². The molecular weight excluding hydrogens is 260 g/mol. The Hall–Kier alpha value is -0.380. The molecule has 0 N–H and O–H groups in total. The Morgan fingerprint density at radius 3 is 2.33 bits per heavy atom. The number of amides is 1. The monoisotopic (exact) mass is 281 g/mol. The van der Waals surface area contributed by atoms with Gasteiger partial charge in [-0.3, -0.25) is 4.79 Å². The number of alkyl halides is 3. The van der Waals surface area contributed by atoms with E-state index in [0.717, 1.165) is 25.7 Å². The van der Waals surface area contributed by atoms with E-state index in [2.05, 4.69) is 0 Å². The van der Waals surface area contributed by atoms with E-state index < -0.39 is 13.0 Å². The standard InChI is InChI=1S/C13H22ClF2NO/c14-7-8-17(10-12(15)16)13(18)9-11-5-3-1-2-4-6-11/h11-12H,1-10H2. The highest BCUT2D eigenvalue weighted by Crippen LogP contribution is 2.26. The lowest BCUT2D eigenvalue weighted by Gasteiger charge is -2.23. The first-order chi connectivity index (χ1) is 8.63. The molecule has 1 saturated carbocycles. The van der Waals surface area contributed by atoms with Crippen molar-refractivity contribution >= 4 is 17.5 Å². The predicted molar refractivity (Wildman–Crippen MR) is 69.1 cm³/mol. The molecule has 1 aliphatic rings. The summed E-state index contributed by atoms with van der Waals surface area (Å²) < 4.78 is 24.8. The van der Waals surface area contributed by atoms with Crippen molar-refractivity contribution in [3.63, 3.8) is 0 Å². The van der Waals surface area contributed by atoms with Crippen LogP contribution < -0.4 is 0 Å². The van der Waals surface area contributed by atoms with E-state index in [1.807, 2.05) is 0 Å². The largest absolute Gasteiger partial charge is 0.336 e. The highest BCUT2D eigenvalue weighted by atomic mass is 35.5. The molecule has 0 unspecified atom stereocenters. The average molecular weight is 282 g/mol. The summed E-state index contributed by atoms with van der Waals surface area (Å²) in [6.45, 7) is -0.268. The van der Waals surface area contributed by atoms with Crippen LogP contribution >= 0.6 is 11.6 Å². The van der Waals surface area contributed by atoms with Crippen LogP contribution in [0.1, 0.15) is 44.9 Å². The lowest BCUT2D eigenvalue weighted by atomic mass is 9.96. The van der Waals surface area contributed by atoms with Gasteiger partial charge in [-0.05, 0) is 18.8 Å². The normalized spacial score (nSPS) is 17.8. The Morgan fingerprint density at radius 1 is 1.22 bits per heavy atom. The lowest BCUT2D eigenvalue weighted by molar-refractivity contribution is -0.134. The topological polar surface area (TPSA) is 20.3 Å². The number of carbonyl (C=O) groups is 1. The summed E-state index contributed by atoms with van der Waals surface area (Å²) in [5, 5.41) is 0. The van der Waals surface area contributed by atoms with E-state index in [0.29, 0.717) is 12.3 Å². The van der Waals surface area contributed by atoms with Gasteiger partial charge >= 0.3 is 0 Å². The molecule has 2 nitrogen and oxygen atoms in total. The Bertz CT molecular complexity index is 243. The molecule has 0 saturated heterocycles. The lowest BCUT2D eigenvalue weighted by Crippen LogP contribution is -2.37. The van der Waals surface area contributed by atoms with Crippen molar-refractivity contribution in [1.82, 2.24) is 4.90 Å². The van der Waals surface area contributed by atoms with Crippen molar-refractivity contribution in [3.05, 3.63) is 0 Å². The number of hydrogen-bond donors (Lipinski definition) is 0. The van der Waals surface area contributed by atoms with Gasteiger partial charge in [0.1, 0.15) is 0 Å². The third kappa shape index (κ3) is 5.98. The molecule has 0 aromatic heterocycles. The second-order valence-corrected chi connectivity index (χ2v) is 5.36. The summed E-state index contributed by atoms with van der Waals surface area (Å²) in [4.78, 5) is 13.2. The van der Waals surface area contributed by atoms with Gasteiger partial charge in [-0.15, -0.1) is 11.6 Å². The van der Waals surface area contributed by atoms with Crippen molar-refractivity contribution in [2.75, 3.05) is 19.0 Å². The first-order valence-electron chi connectivity index (χ1n) is 6.75. The van der Waals surface area contributed by atoms with Crippen LogP contribution in [-0.4, -0.2) is 36.2 Å². The van der Waals surface area contributed by atoms with Crippen molar-refractivity contribution < 1.29 is 13.6 Å². The number of nitrogens with zero attached hydrogens (tertiary/aromatic N) is 1. The molecule has 0 spiro atoms. The van der Waals surface area contributed by atoms with Gasteiger partial charge in [0.05, 0.1) is 6.54 Å². The maximum absolute atomic E-state index is 12.4. The fraction of sp³-hybridized carbons (Fsp3) is 0.923. The molecule has 106 valence electrons. The van der Waals surface area contributed by atoms with Crippen LogP contribution in [0, 0.1) is 5.92 Å². The maximum Gasteiger partial charge on any atom is 0.255 e. The number of halogens is 3. The first kappa shape index (κ1) is 15.7. The quantitative estimate of drug-likeness (QED) is 0.537. The number of hydrogen-bond acceptors (Lipinski definition) is 1. The Kier molecular flexibility index (Phi) is 7.56. The smallest absolute Gasteiger partial charge is 0.255 e. The zero-order chi connectivity index (χ0) is 13.4. The van der Waals surface area contributed by atoms with Crippen LogP contribution in [0.25, 0.3) is 0 Å². The second-order valence-electron chi connectivity index (χ2n) is 4.98. The Balaban J connectivity index is 2.43. The molecule has 1 rings (SSSR count). The molecule has 0 aliphatic heterocycles. The second kappa shape index (κ2) is 8.68. The molecule has 0 radical (unpaired) electrons. The number of rotatable bonds is 6. The summed E-state index contributed by atoms with van der Waals surface area (Å²) in [5.41, 5.74) is 0. The maximum atomic E-state index is 12.4. The Morgan fingerprint density at radius 2 is 1.83 bits per heavy atom. The molecule has 5 heteroatoms. The van der Waals surface area contributed by atoms with Gasteiger partial charge in [0.15, 0.2) is 0 Å². The molecule has 0 atom stereocenters. The molecule has 0 bridgehead atoms. The predicted octanol–water partition coefficient (Wildman–Crippen LogP) is 3.68. The van der Waals surface area contributed by atoms with Crippen LogP contribution in [-0.2, 0) is 4.79 Å². The van der Waals surface area contributed by atoms with Gasteiger partial charge in [-0.25, -0.2) is 8.78 Å². The van der Waals surface area contributed by atoms with Crippen LogP contribution in [0.15, 0.2) is 0 Å². The molecule has 0 aromatic rings. The van der Waals surface area contributed by atoms with Crippen LogP contribution in [0.3, 0.4) is 0 Å². The first-order valence-corrected chi connectivity index (χ1v) is 7.28. The molecule has 1 aliphatic carbocycles. The summed E-state index contributed by atoms with van der Waals surface area (Å²) in [5.74, 6) is 0.418. The van der Waals surface area contributed by atoms with E-state index in [1.165, 1.54) is 17.7 Å². The van der Waals surface area contributed by atoms with Crippen molar-refractivity contribution in [1.29, 1.82) is 0 Å². The minimum Gasteiger partial charge on any atom is -0.336 e. The molecule has 18 heavy (non-hydrogen) atoms. The minimum absolute atomic E-state index is 0.164. The van der Waals surface area contributed by atoms with E-state index in [9.17, 15) is 13.6 Å². The van der Waals surface area contributed by atoms with Crippen LogP contribution in [0.5, 0.6) is 0 Å².